The number of hydrogen-bond acceptors (Lipinski definition) is 9. The van der Waals surface area contributed by atoms with Crippen molar-refractivity contribution in [2.45, 2.75) is 69.9 Å². The number of carbonyl (C=O) groups is 1. The van der Waals surface area contributed by atoms with Crippen LogP contribution >= 0.6 is 20.3 Å². The van der Waals surface area contributed by atoms with Gasteiger partial charge in [0, 0.05) is 73.7 Å². The fourth-order valence-electron chi connectivity index (χ4n) is 4.92. The third-order valence-corrected chi connectivity index (χ3v) is 7.32. The van der Waals surface area contributed by atoms with E-state index in [1.54, 1.807) is 6.92 Å². The van der Waals surface area contributed by atoms with Crippen LogP contribution in [0.25, 0.3) is 6.08 Å². The van der Waals surface area contributed by atoms with Crippen LogP contribution in [-0.4, -0.2) is 46.6 Å². The van der Waals surface area contributed by atoms with Crippen LogP contribution in [0.1, 0.15) is 62.8 Å². The first-order valence-corrected chi connectivity index (χ1v) is 13.5. The minimum atomic E-state index is -0.940. The van der Waals surface area contributed by atoms with E-state index >= 15 is 0 Å². The second kappa shape index (κ2) is 16.3. The van der Waals surface area contributed by atoms with Crippen LogP contribution in [0, 0.1) is 74.6 Å². The summed E-state index contributed by atoms with van der Waals surface area (Å²) in [6.07, 6.45) is 7.61. The summed E-state index contributed by atoms with van der Waals surface area (Å²) in [4.78, 5) is 20.1. The van der Waals surface area contributed by atoms with Crippen LogP contribution < -0.4 is 5.73 Å². The maximum absolute atomic E-state index is 11.7. The molecule has 40 heavy (non-hydrogen) atoms. The van der Waals surface area contributed by atoms with E-state index in [1.807, 2.05) is 30.4 Å². The van der Waals surface area contributed by atoms with Crippen molar-refractivity contribution in [3.8, 4) is 0 Å². The molecule has 0 bridgehead atoms. The average molecular weight is 1040 g/mol. The van der Waals surface area contributed by atoms with Crippen molar-refractivity contribution < 1.29 is 90.3 Å². The second-order valence-corrected chi connectivity index (χ2v) is 10.8. The molecule has 0 radical (unpaired) electrons. The van der Waals surface area contributed by atoms with Crippen LogP contribution in [0.15, 0.2) is 36.7 Å². The maximum atomic E-state index is 11.7. The van der Waals surface area contributed by atoms with E-state index in [2.05, 4.69) is 36.3 Å². The molecule has 9 nitrogen and oxygen atoms in total. The van der Waals surface area contributed by atoms with Crippen LogP contribution in [0.3, 0.4) is 0 Å². The molecule has 0 saturated carbocycles. The number of nitrogens with two attached hydrogens (primary N) is 1. The van der Waals surface area contributed by atoms with Gasteiger partial charge in [0.1, 0.15) is 24.4 Å². The van der Waals surface area contributed by atoms with E-state index in [0.29, 0.717) is 12.2 Å². The third-order valence-electron chi connectivity index (χ3n) is 6.83. The van der Waals surface area contributed by atoms with Gasteiger partial charge in [-0.15, -0.1) is 12.1 Å². The third kappa shape index (κ3) is 8.71. The fourth-order valence-corrected chi connectivity index (χ4v) is 5.32. The quantitative estimate of drug-likeness (QED) is 0.189. The molecule has 2 aromatic rings. The van der Waals surface area contributed by atoms with Crippen molar-refractivity contribution in [3.63, 3.8) is 0 Å². The molecule has 0 unspecified atom stereocenters. The Bertz CT molecular complexity index is 1190. The summed E-state index contributed by atoms with van der Waals surface area (Å²) < 4.78 is 32.3. The molecule has 212 valence electrons. The zero-order valence-electron chi connectivity index (χ0n) is 22.5. The number of hydrogen-bond donors (Lipinski definition) is 1. The van der Waals surface area contributed by atoms with Gasteiger partial charge in [0.2, 0.25) is 0 Å². The zero-order chi connectivity index (χ0) is 27.3. The smallest absolute Gasteiger partial charge is 0.424 e. The molecule has 2 saturated heterocycles. The molecule has 1 aliphatic carbocycles. The Labute approximate surface area is 289 Å². The molecule has 3 heterocycles. The van der Waals surface area contributed by atoms with Crippen molar-refractivity contribution in [2.75, 3.05) is 12.3 Å². The van der Waals surface area contributed by atoms with Crippen LogP contribution in [-0.2, 0) is 23.3 Å². The van der Waals surface area contributed by atoms with Gasteiger partial charge >= 0.3 is 14.8 Å². The Balaban J connectivity index is 0.000000342. The minimum Gasteiger partial charge on any atom is -0.424 e. The van der Waals surface area contributed by atoms with Gasteiger partial charge in [0.25, 0.3) is 0 Å². The van der Waals surface area contributed by atoms with Crippen molar-refractivity contribution in [1.82, 2.24) is 9.97 Å². The Morgan fingerprint density at radius 1 is 1.30 bits per heavy atom. The summed E-state index contributed by atoms with van der Waals surface area (Å²) in [5.41, 5.74) is 7.87. The number of benzene rings is 1. The first kappa shape index (κ1) is 35.6. The zero-order valence-corrected chi connectivity index (χ0v) is 32.5. The van der Waals surface area contributed by atoms with E-state index in [1.165, 1.54) is 17.8 Å². The number of allylic oxidation sites excluding steroid dienone is 1. The van der Waals surface area contributed by atoms with Crippen molar-refractivity contribution >= 4 is 38.3 Å². The summed E-state index contributed by atoms with van der Waals surface area (Å²) in [5.74, 6) is 1.89. The molecule has 2 N–H and O–H groups in total. The predicted molar refractivity (Wildman–Crippen MR) is 143 cm³/mol. The van der Waals surface area contributed by atoms with Gasteiger partial charge in [-0.2, -0.15) is 25.5 Å². The summed E-state index contributed by atoms with van der Waals surface area (Å²) in [6, 6.07) is 7.90. The minimum absolute atomic E-state index is 0. The number of fused-ring (bicyclic) bond motifs is 2. The van der Waals surface area contributed by atoms with Gasteiger partial charge in [0.15, 0.2) is 11.7 Å². The van der Waals surface area contributed by atoms with Crippen LogP contribution in [0.5, 0.6) is 0 Å². The summed E-state index contributed by atoms with van der Waals surface area (Å²) in [7, 11) is -0.454. The first-order valence-electron chi connectivity index (χ1n) is 12.4. The summed E-state index contributed by atoms with van der Waals surface area (Å²) >= 11 is 5.83. The number of rotatable bonds is 8. The molecule has 1 aromatic heterocycles. The van der Waals surface area contributed by atoms with Gasteiger partial charge in [-0.1, -0.05) is 29.8 Å². The SMILES string of the molecule is C[C-](C)C[CH-]c1cccc(Cl)c1.C[C@@]12OC(=O)O[C@@H]1[C@@H](COP=O)O[C@H]2C[C@H]1CC=Cc2c(N)ncnc21.[U].[U]. The van der Waals surface area contributed by atoms with E-state index in [9.17, 15) is 9.36 Å². The fraction of sp³-hybridized carbons (Fsp3) is 0.444. The second-order valence-electron chi connectivity index (χ2n) is 9.91. The molecule has 0 amide bonds. The number of aromatic nitrogens is 2. The first-order chi connectivity index (χ1) is 18.2. The Hall–Kier alpha value is -0.606. The Morgan fingerprint density at radius 2 is 2.08 bits per heavy atom. The average Bonchev–Trinajstić information content (AvgIpc) is 3.32. The monoisotopic (exact) mass is 1040 g/mol. The molecule has 1 aromatic carbocycles. The molecule has 2 aliphatic heterocycles. The number of carbonyl (C=O) groups excluding carboxylic acids is 1. The van der Waals surface area contributed by atoms with Crippen LogP contribution in [0.4, 0.5) is 10.6 Å². The molecular formula is C27H31ClN3O6PU2-2. The summed E-state index contributed by atoms with van der Waals surface area (Å²) in [5, 5.41) is 0.803. The van der Waals surface area contributed by atoms with Gasteiger partial charge in [-0.3, -0.25) is 4.52 Å². The van der Waals surface area contributed by atoms with E-state index in [0.717, 1.165) is 29.1 Å². The predicted octanol–water partition coefficient (Wildman–Crippen LogP) is 6.13. The van der Waals surface area contributed by atoms with Crippen LogP contribution in [0.2, 0.25) is 5.02 Å². The molecule has 2 fully saturated rings. The number of halogens is 1. The Kier molecular flexibility index (Phi) is 14.5. The topological polar surface area (TPSA) is 123 Å². The molecule has 5 atom stereocenters. The number of ether oxygens (including phenoxy) is 3. The van der Waals surface area contributed by atoms with E-state index < -0.39 is 38.8 Å². The largest absolute Gasteiger partial charge is 0.509 e. The van der Waals surface area contributed by atoms with Crippen molar-refractivity contribution in [1.29, 1.82) is 0 Å². The maximum Gasteiger partial charge on any atom is 0.509 e. The van der Waals surface area contributed by atoms with Gasteiger partial charge < -0.3 is 25.9 Å². The Morgan fingerprint density at radius 3 is 2.77 bits per heavy atom. The normalized spacial score (nSPS) is 25.9. The number of nitrogen functional groups attached to an aromatic ring is 1. The summed E-state index contributed by atoms with van der Waals surface area (Å²) in [6.45, 7) is 6.08. The van der Waals surface area contributed by atoms with Gasteiger partial charge in [-0.25, -0.2) is 32.2 Å². The molecule has 0 spiro atoms. The van der Waals surface area contributed by atoms with E-state index in [-0.39, 0.29) is 74.8 Å². The molecule has 13 heteroatoms. The van der Waals surface area contributed by atoms with Gasteiger partial charge in [-0.05, 0) is 24.8 Å². The van der Waals surface area contributed by atoms with E-state index in [4.69, 9.17) is 36.1 Å². The molecular weight excluding hydrogens is 1000 g/mol. The molecule has 3 aliphatic rings. The van der Waals surface area contributed by atoms with Crippen molar-refractivity contribution in [3.05, 3.63) is 70.9 Å². The van der Waals surface area contributed by atoms with Crippen molar-refractivity contribution in [2.24, 2.45) is 0 Å². The molecule has 5 rings (SSSR count). The number of anilines is 1. The standard InChI is InChI=1S/C16H18N3O6P.C11H13Cl.2U/c1-16-11(23-10(6-22-26-21)13(16)24-15(20)25-16)5-8-3-2-4-9-12(8)18-7-19-14(9)17;1-9(2)6-7-10-4-3-5-11(12)8-10;;/h2,4,7-8,10-11,13H,3,5-6H2,1H3,(H2,17,18,19);3-5,7-8H,6H2,1-2H3;;/q;-2;;/t8-,10-,11+,13-,16+;;;/m1.../s1. The number of nitrogens with zero attached hydrogens (tertiary/aromatic N) is 2. The van der Waals surface area contributed by atoms with Gasteiger partial charge in [0.05, 0.1) is 12.3 Å².